The minimum atomic E-state index is -1.58. The summed E-state index contributed by atoms with van der Waals surface area (Å²) in [4.78, 5) is 0.584. The largest absolute Gasteiger partial charge is 0.411 e. The van der Waals surface area contributed by atoms with E-state index in [4.69, 9.17) is 9.39 Å². The molecule has 2 aromatic rings. The van der Waals surface area contributed by atoms with Crippen LogP contribution in [0.4, 0.5) is 0 Å². The van der Waals surface area contributed by atoms with Crippen LogP contribution in [0.25, 0.3) is 0 Å². The summed E-state index contributed by atoms with van der Waals surface area (Å²) < 4.78 is 17.2. The molecule has 0 heterocycles. The summed E-state index contributed by atoms with van der Waals surface area (Å²) in [6, 6.07) is 16.4. The lowest BCUT2D eigenvalue weighted by molar-refractivity contribution is 0.311. The van der Waals surface area contributed by atoms with E-state index in [2.05, 4.69) is 5.16 Å². The monoisotopic (exact) mass is 289 g/mol. The Hall–Kier alpha value is -1.98. The third kappa shape index (κ3) is 3.76. The van der Waals surface area contributed by atoms with Crippen molar-refractivity contribution in [3.05, 3.63) is 65.7 Å². The lowest BCUT2D eigenvalue weighted by atomic mass is 10.1. The quantitative estimate of drug-likeness (QED) is 0.523. The fourth-order valence-corrected chi connectivity index (χ4v) is 2.34. The van der Waals surface area contributed by atoms with Gasteiger partial charge in [-0.25, -0.2) is 4.21 Å². The van der Waals surface area contributed by atoms with Crippen molar-refractivity contribution in [1.82, 2.24) is 0 Å². The van der Waals surface area contributed by atoms with E-state index in [9.17, 15) is 4.21 Å². The van der Waals surface area contributed by atoms with Gasteiger partial charge in [-0.15, -0.1) is 0 Å². The maximum absolute atomic E-state index is 12.0. The molecule has 0 saturated heterocycles. The van der Waals surface area contributed by atoms with E-state index < -0.39 is 11.1 Å². The van der Waals surface area contributed by atoms with Crippen molar-refractivity contribution in [2.24, 2.45) is 5.16 Å². The molecule has 4 nitrogen and oxygen atoms in total. The number of rotatable bonds is 5. The summed E-state index contributed by atoms with van der Waals surface area (Å²) in [5.74, 6) is 0. The summed E-state index contributed by atoms with van der Waals surface area (Å²) in [6.07, 6.45) is 0. The van der Waals surface area contributed by atoms with Crippen molar-refractivity contribution in [2.45, 2.75) is 11.8 Å². The number of oxime groups is 1. The Bertz CT molecular complexity index is 609. The maximum Gasteiger partial charge on any atom is 0.189 e. The molecule has 0 aromatic heterocycles. The summed E-state index contributed by atoms with van der Waals surface area (Å²) in [5, 5.41) is 12.2. The molecule has 0 spiro atoms. The molecule has 0 aliphatic carbocycles. The third-order valence-electron chi connectivity index (χ3n) is 2.74. The molecule has 0 saturated carbocycles. The first-order valence-corrected chi connectivity index (χ1v) is 7.16. The van der Waals surface area contributed by atoms with Gasteiger partial charge in [-0.05, 0) is 19.1 Å². The highest BCUT2D eigenvalue weighted by atomic mass is 32.2. The zero-order valence-corrected chi connectivity index (χ0v) is 11.8. The van der Waals surface area contributed by atoms with Crippen molar-refractivity contribution < 1.29 is 13.6 Å². The standard InChI is InChI=1S/C15H15NO3S/c1-12-7-9-14(10-8-12)20(18)19-11-15(16-17)13-5-3-2-4-6-13/h2-10,17H,11H2,1H3/b16-15-. The van der Waals surface area contributed by atoms with E-state index >= 15 is 0 Å². The molecule has 0 amide bonds. The van der Waals surface area contributed by atoms with Crippen LogP contribution in [0.2, 0.25) is 0 Å². The molecule has 1 atom stereocenters. The van der Waals surface area contributed by atoms with Gasteiger partial charge in [0.2, 0.25) is 0 Å². The average molecular weight is 289 g/mol. The van der Waals surface area contributed by atoms with E-state index in [1.807, 2.05) is 37.3 Å². The average Bonchev–Trinajstić information content (AvgIpc) is 2.49. The highest BCUT2D eigenvalue weighted by Gasteiger charge is 2.09. The van der Waals surface area contributed by atoms with Gasteiger partial charge >= 0.3 is 0 Å². The van der Waals surface area contributed by atoms with Crippen LogP contribution in [0.3, 0.4) is 0 Å². The third-order valence-corrected chi connectivity index (χ3v) is 3.73. The highest BCUT2D eigenvalue weighted by Crippen LogP contribution is 2.10. The van der Waals surface area contributed by atoms with Gasteiger partial charge in [0, 0.05) is 5.56 Å². The van der Waals surface area contributed by atoms with Gasteiger partial charge in [0.15, 0.2) is 11.1 Å². The zero-order valence-electron chi connectivity index (χ0n) is 11.0. The second kappa shape index (κ2) is 6.98. The van der Waals surface area contributed by atoms with Gasteiger partial charge in [-0.2, -0.15) is 0 Å². The van der Waals surface area contributed by atoms with Crippen molar-refractivity contribution in [1.29, 1.82) is 0 Å². The first kappa shape index (κ1) is 14.4. The van der Waals surface area contributed by atoms with Crippen LogP contribution in [-0.2, 0) is 15.3 Å². The Balaban J connectivity index is 2.01. The summed E-state index contributed by atoms with van der Waals surface area (Å²) in [6.45, 7) is 1.93. The van der Waals surface area contributed by atoms with Gasteiger partial charge in [0.05, 0.1) is 4.90 Å². The Kier molecular flexibility index (Phi) is 5.03. The normalized spacial score (nSPS) is 13.2. The van der Waals surface area contributed by atoms with Gasteiger partial charge in [0.1, 0.15) is 12.3 Å². The van der Waals surface area contributed by atoms with E-state index in [0.717, 1.165) is 11.1 Å². The van der Waals surface area contributed by atoms with Gasteiger partial charge in [-0.3, -0.25) is 4.18 Å². The summed E-state index contributed by atoms with van der Waals surface area (Å²) >= 11 is -1.58. The first-order chi connectivity index (χ1) is 9.70. The number of aryl methyl sites for hydroxylation is 1. The van der Waals surface area contributed by atoms with Crippen LogP contribution in [-0.4, -0.2) is 21.7 Å². The molecule has 2 rings (SSSR count). The lowest BCUT2D eigenvalue weighted by Crippen LogP contribution is -2.12. The molecule has 0 bridgehead atoms. The van der Waals surface area contributed by atoms with Crippen LogP contribution in [0, 0.1) is 6.92 Å². The van der Waals surface area contributed by atoms with Crippen LogP contribution in [0.5, 0.6) is 0 Å². The Morgan fingerprint density at radius 1 is 1.15 bits per heavy atom. The summed E-state index contributed by atoms with van der Waals surface area (Å²) in [7, 11) is 0. The van der Waals surface area contributed by atoms with E-state index in [1.165, 1.54) is 0 Å². The molecule has 0 aliphatic rings. The molecule has 0 aliphatic heterocycles. The minimum Gasteiger partial charge on any atom is -0.411 e. The van der Waals surface area contributed by atoms with E-state index in [0.29, 0.717) is 10.6 Å². The molecule has 104 valence electrons. The lowest BCUT2D eigenvalue weighted by Gasteiger charge is -2.06. The molecule has 0 radical (unpaired) electrons. The fraction of sp³-hybridized carbons (Fsp3) is 0.133. The Labute approximate surface area is 120 Å². The minimum absolute atomic E-state index is 0.0268. The van der Waals surface area contributed by atoms with Crippen molar-refractivity contribution >= 4 is 16.8 Å². The van der Waals surface area contributed by atoms with Crippen LogP contribution >= 0.6 is 0 Å². The predicted octanol–water partition coefficient (Wildman–Crippen LogP) is 2.91. The molecular weight excluding hydrogens is 274 g/mol. The van der Waals surface area contributed by atoms with E-state index in [-0.39, 0.29) is 6.61 Å². The molecule has 5 heteroatoms. The second-order valence-electron chi connectivity index (χ2n) is 4.22. The Morgan fingerprint density at radius 2 is 1.80 bits per heavy atom. The van der Waals surface area contributed by atoms with E-state index in [1.54, 1.807) is 24.3 Å². The fourth-order valence-electron chi connectivity index (χ4n) is 1.63. The second-order valence-corrected chi connectivity index (χ2v) is 5.40. The van der Waals surface area contributed by atoms with Crippen LogP contribution in [0.1, 0.15) is 11.1 Å². The molecule has 20 heavy (non-hydrogen) atoms. The van der Waals surface area contributed by atoms with Crippen molar-refractivity contribution in [2.75, 3.05) is 6.61 Å². The molecule has 1 unspecified atom stereocenters. The van der Waals surface area contributed by atoms with Gasteiger partial charge < -0.3 is 5.21 Å². The topological polar surface area (TPSA) is 58.9 Å². The Morgan fingerprint density at radius 3 is 2.40 bits per heavy atom. The van der Waals surface area contributed by atoms with Crippen molar-refractivity contribution in [3.8, 4) is 0 Å². The van der Waals surface area contributed by atoms with Gasteiger partial charge in [-0.1, -0.05) is 53.2 Å². The smallest absolute Gasteiger partial charge is 0.189 e. The predicted molar refractivity (Wildman–Crippen MR) is 78.3 cm³/mol. The maximum atomic E-state index is 12.0. The SMILES string of the molecule is Cc1ccc(S(=O)OC/C(=N/O)c2ccccc2)cc1. The molecule has 0 fully saturated rings. The molecular formula is C15H15NO3S. The zero-order chi connectivity index (χ0) is 14.4. The van der Waals surface area contributed by atoms with Crippen LogP contribution < -0.4 is 0 Å². The first-order valence-electron chi connectivity index (χ1n) is 6.09. The van der Waals surface area contributed by atoms with Crippen LogP contribution in [0.15, 0.2) is 64.6 Å². The summed E-state index contributed by atoms with van der Waals surface area (Å²) in [5.41, 5.74) is 2.16. The van der Waals surface area contributed by atoms with Gasteiger partial charge in [0.25, 0.3) is 0 Å². The number of hydrogen-bond acceptors (Lipinski definition) is 4. The number of nitrogens with zero attached hydrogens (tertiary/aromatic N) is 1. The number of hydrogen-bond donors (Lipinski definition) is 1. The highest BCUT2D eigenvalue weighted by molar-refractivity contribution is 7.80. The van der Waals surface area contributed by atoms with Crippen molar-refractivity contribution in [3.63, 3.8) is 0 Å². The molecule has 1 N–H and O–H groups in total. The molecule has 2 aromatic carbocycles. The number of benzene rings is 2.